The van der Waals surface area contributed by atoms with Crippen molar-refractivity contribution in [2.75, 3.05) is 5.32 Å². The first-order valence-corrected chi connectivity index (χ1v) is 9.45. The third-order valence-corrected chi connectivity index (χ3v) is 4.76. The molecule has 4 aromatic rings. The predicted octanol–water partition coefficient (Wildman–Crippen LogP) is 4.75. The van der Waals surface area contributed by atoms with Crippen LogP contribution in [-0.2, 0) is 7.05 Å². The van der Waals surface area contributed by atoms with E-state index in [9.17, 15) is 22.8 Å². The standard InChI is InChI=1S/C23H16F3N3O3/c1-29-21(31)18-12-9-16(14-7-10-17(11-8-14)32-23(24,25)26)13-19(18)27-22(29)28-20(30)15-5-3-2-4-6-15/h2-13H,1H3,(H,27,28,30). The summed E-state index contributed by atoms with van der Waals surface area (Å²) in [6, 6.07) is 18.7. The lowest BCUT2D eigenvalue weighted by Gasteiger charge is -2.12. The Kier molecular flexibility index (Phi) is 5.40. The van der Waals surface area contributed by atoms with Crippen LogP contribution in [0.3, 0.4) is 0 Å². The van der Waals surface area contributed by atoms with Crippen molar-refractivity contribution in [3.05, 3.63) is 88.7 Å². The number of rotatable bonds is 4. The number of hydrogen-bond donors (Lipinski definition) is 1. The predicted molar refractivity (Wildman–Crippen MR) is 113 cm³/mol. The van der Waals surface area contributed by atoms with Crippen molar-refractivity contribution in [3.63, 3.8) is 0 Å². The number of benzene rings is 3. The van der Waals surface area contributed by atoms with Gasteiger partial charge in [-0.05, 0) is 47.5 Å². The van der Waals surface area contributed by atoms with Crippen LogP contribution in [0.2, 0.25) is 0 Å². The van der Waals surface area contributed by atoms with E-state index in [1.807, 2.05) is 0 Å². The van der Waals surface area contributed by atoms with Crippen molar-refractivity contribution >= 4 is 22.8 Å². The molecule has 3 aromatic carbocycles. The molecular weight excluding hydrogens is 423 g/mol. The fourth-order valence-electron chi connectivity index (χ4n) is 3.17. The van der Waals surface area contributed by atoms with Gasteiger partial charge in [-0.25, -0.2) is 4.98 Å². The first kappa shape index (κ1) is 21.1. The number of carbonyl (C=O) groups excluding carboxylic acids is 1. The van der Waals surface area contributed by atoms with Crippen molar-refractivity contribution in [2.24, 2.45) is 7.05 Å². The molecule has 4 rings (SSSR count). The van der Waals surface area contributed by atoms with E-state index in [1.54, 1.807) is 48.5 Å². The first-order chi connectivity index (χ1) is 15.2. The van der Waals surface area contributed by atoms with Crippen LogP contribution in [-0.4, -0.2) is 21.8 Å². The molecule has 0 bridgehead atoms. The maximum absolute atomic E-state index is 12.7. The number of hydrogen-bond acceptors (Lipinski definition) is 4. The molecule has 0 saturated carbocycles. The van der Waals surface area contributed by atoms with Gasteiger partial charge in [-0.1, -0.05) is 36.4 Å². The van der Waals surface area contributed by atoms with Crippen molar-refractivity contribution < 1.29 is 22.7 Å². The molecule has 9 heteroatoms. The largest absolute Gasteiger partial charge is 0.573 e. The lowest BCUT2D eigenvalue weighted by molar-refractivity contribution is -0.274. The minimum atomic E-state index is -4.77. The van der Waals surface area contributed by atoms with Gasteiger partial charge in [-0.3, -0.25) is 19.5 Å². The van der Waals surface area contributed by atoms with Crippen LogP contribution in [0.15, 0.2) is 77.6 Å². The number of anilines is 1. The molecule has 162 valence electrons. The molecule has 32 heavy (non-hydrogen) atoms. The normalized spacial score (nSPS) is 11.4. The topological polar surface area (TPSA) is 73.2 Å². The molecule has 0 atom stereocenters. The fourth-order valence-corrected chi connectivity index (χ4v) is 3.17. The number of nitrogens with zero attached hydrogens (tertiary/aromatic N) is 2. The van der Waals surface area contributed by atoms with E-state index >= 15 is 0 Å². The van der Waals surface area contributed by atoms with Gasteiger partial charge >= 0.3 is 6.36 Å². The number of fused-ring (bicyclic) bond motifs is 1. The van der Waals surface area contributed by atoms with E-state index in [-0.39, 0.29) is 17.3 Å². The molecule has 0 aliphatic heterocycles. The maximum Gasteiger partial charge on any atom is 0.573 e. The molecule has 1 N–H and O–H groups in total. The summed E-state index contributed by atoms with van der Waals surface area (Å²) >= 11 is 0. The average molecular weight is 439 g/mol. The van der Waals surface area contributed by atoms with Crippen molar-refractivity contribution in [3.8, 4) is 16.9 Å². The van der Waals surface area contributed by atoms with Gasteiger partial charge in [0, 0.05) is 12.6 Å². The quantitative estimate of drug-likeness (QED) is 0.498. The number of halogens is 3. The molecule has 6 nitrogen and oxygen atoms in total. The SMILES string of the molecule is Cn1c(NC(=O)c2ccccc2)nc2cc(-c3ccc(OC(F)(F)F)cc3)ccc2c1=O. The van der Waals surface area contributed by atoms with Crippen molar-refractivity contribution in [1.82, 2.24) is 9.55 Å². The zero-order chi connectivity index (χ0) is 22.9. The highest BCUT2D eigenvalue weighted by atomic mass is 19.4. The molecule has 0 fully saturated rings. The Morgan fingerprint density at radius 3 is 2.28 bits per heavy atom. The summed E-state index contributed by atoms with van der Waals surface area (Å²) < 4.78 is 42.2. The van der Waals surface area contributed by atoms with Gasteiger partial charge in [-0.2, -0.15) is 0 Å². The molecule has 0 unspecified atom stereocenters. The van der Waals surface area contributed by atoms with Gasteiger partial charge in [0.15, 0.2) is 0 Å². The van der Waals surface area contributed by atoms with Crippen LogP contribution in [0, 0.1) is 0 Å². The average Bonchev–Trinajstić information content (AvgIpc) is 2.77. The number of amides is 1. The summed E-state index contributed by atoms with van der Waals surface area (Å²) in [5.41, 5.74) is 1.65. The van der Waals surface area contributed by atoms with E-state index in [2.05, 4.69) is 15.0 Å². The van der Waals surface area contributed by atoms with E-state index in [0.717, 1.165) is 0 Å². The van der Waals surface area contributed by atoms with Gasteiger partial charge in [0.1, 0.15) is 5.75 Å². The van der Waals surface area contributed by atoms with Crippen LogP contribution >= 0.6 is 0 Å². The summed E-state index contributed by atoms with van der Waals surface area (Å²) in [5, 5.41) is 2.98. The zero-order valence-electron chi connectivity index (χ0n) is 16.7. The second kappa shape index (κ2) is 8.18. The molecule has 1 amide bonds. The van der Waals surface area contributed by atoms with E-state index in [0.29, 0.717) is 27.6 Å². The third-order valence-electron chi connectivity index (χ3n) is 4.76. The summed E-state index contributed by atoms with van der Waals surface area (Å²) in [5.74, 6) is -0.675. The highest BCUT2D eigenvalue weighted by Crippen LogP contribution is 2.28. The van der Waals surface area contributed by atoms with Crippen molar-refractivity contribution in [2.45, 2.75) is 6.36 Å². The van der Waals surface area contributed by atoms with E-state index in [4.69, 9.17) is 0 Å². The highest BCUT2D eigenvalue weighted by molar-refractivity contribution is 6.03. The molecule has 0 spiro atoms. The minimum absolute atomic E-state index is 0.0717. The van der Waals surface area contributed by atoms with Gasteiger partial charge in [0.05, 0.1) is 10.9 Å². The lowest BCUT2D eigenvalue weighted by Crippen LogP contribution is -2.25. The second-order valence-electron chi connectivity index (χ2n) is 6.92. The molecular formula is C23H16F3N3O3. The van der Waals surface area contributed by atoms with Crippen LogP contribution in [0.1, 0.15) is 10.4 Å². The maximum atomic E-state index is 12.7. The Hall–Kier alpha value is -4.14. The molecule has 0 radical (unpaired) electrons. The second-order valence-corrected chi connectivity index (χ2v) is 6.92. The smallest absolute Gasteiger partial charge is 0.406 e. The number of carbonyl (C=O) groups is 1. The summed E-state index contributed by atoms with van der Waals surface area (Å²) in [4.78, 5) is 29.6. The Bertz CT molecular complexity index is 1350. The third kappa shape index (κ3) is 4.46. The number of nitrogens with one attached hydrogen (secondary N) is 1. The van der Waals surface area contributed by atoms with E-state index in [1.165, 1.54) is 35.9 Å². The Balaban J connectivity index is 1.68. The number of aromatic nitrogens is 2. The van der Waals surface area contributed by atoms with Crippen LogP contribution in [0.25, 0.3) is 22.0 Å². The fraction of sp³-hybridized carbons (Fsp3) is 0.0870. The molecule has 0 saturated heterocycles. The highest BCUT2D eigenvalue weighted by Gasteiger charge is 2.31. The Morgan fingerprint density at radius 1 is 0.969 bits per heavy atom. The minimum Gasteiger partial charge on any atom is -0.406 e. The van der Waals surface area contributed by atoms with Crippen LogP contribution in [0.4, 0.5) is 19.1 Å². The summed E-state index contributed by atoms with van der Waals surface area (Å²) in [6.07, 6.45) is -4.77. The number of ether oxygens (including phenoxy) is 1. The first-order valence-electron chi connectivity index (χ1n) is 9.45. The molecule has 1 aromatic heterocycles. The van der Waals surface area contributed by atoms with Gasteiger partial charge in [0.2, 0.25) is 5.95 Å². The van der Waals surface area contributed by atoms with Crippen LogP contribution < -0.4 is 15.6 Å². The molecule has 0 aliphatic rings. The van der Waals surface area contributed by atoms with Gasteiger partial charge in [0.25, 0.3) is 11.5 Å². The molecule has 0 aliphatic carbocycles. The zero-order valence-corrected chi connectivity index (χ0v) is 16.7. The van der Waals surface area contributed by atoms with Gasteiger partial charge in [-0.15, -0.1) is 13.2 Å². The summed E-state index contributed by atoms with van der Waals surface area (Å²) in [6.45, 7) is 0. The Labute approximate surface area is 179 Å². The lowest BCUT2D eigenvalue weighted by atomic mass is 10.0. The number of alkyl halides is 3. The van der Waals surface area contributed by atoms with Gasteiger partial charge < -0.3 is 4.74 Å². The monoisotopic (exact) mass is 439 g/mol. The van der Waals surface area contributed by atoms with E-state index < -0.39 is 12.3 Å². The Morgan fingerprint density at radius 2 is 1.62 bits per heavy atom. The summed E-state index contributed by atoms with van der Waals surface area (Å²) in [7, 11) is 1.50. The van der Waals surface area contributed by atoms with Crippen LogP contribution in [0.5, 0.6) is 5.75 Å². The molecule has 1 heterocycles. The van der Waals surface area contributed by atoms with Crippen molar-refractivity contribution in [1.29, 1.82) is 0 Å².